The zero-order valence-electron chi connectivity index (χ0n) is 16.2. The standard InChI is InChI=1S/C23H25ClF3NS/c24-20-8-4-18(5-9-20)22(12-2-13-22)28-14-1-3-17(15-28)16-29-21-10-6-19(7-11-21)23(25,26)27/h4-11,17H,1-3,12-16H2. The quantitative estimate of drug-likeness (QED) is 0.451. The Morgan fingerprint density at radius 1 is 1.00 bits per heavy atom. The Balaban J connectivity index is 1.39. The summed E-state index contributed by atoms with van der Waals surface area (Å²) in [6.07, 6.45) is 1.71. The zero-order valence-corrected chi connectivity index (χ0v) is 17.8. The molecular weight excluding hydrogens is 415 g/mol. The van der Waals surface area contributed by atoms with E-state index >= 15 is 0 Å². The summed E-state index contributed by atoms with van der Waals surface area (Å²) in [7, 11) is 0. The van der Waals surface area contributed by atoms with Crippen LogP contribution in [0.3, 0.4) is 0 Å². The Morgan fingerprint density at radius 3 is 2.28 bits per heavy atom. The minimum atomic E-state index is -4.27. The molecule has 1 nitrogen and oxygen atoms in total. The summed E-state index contributed by atoms with van der Waals surface area (Å²) >= 11 is 7.76. The molecular formula is C23H25ClF3NS. The predicted molar refractivity (Wildman–Crippen MR) is 113 cm³/mol. The van der Waals surface area contributed by atoms with Gasteiger partial charge in [-0.3, -0.25) is 4.90 Å². The van der Waals surface area contributed by atoms with Crippen LogP contribution in [0.1, 0.15) is 43.2 Å². The third-order valence-corrected chi connectivity index (χ3v) is 7.85. The highest BCUT2D eigenvalue weighted by Gasteiger charge is 2.45. The first-order valence-corrected chi connectivity index (χ1v) is 11.5. The van der Waals surface area contributed by atoms with E-state index in [1.807, 2.05) is 12.1 Å². The molecule has 2 aromatic carbocycles. The zero-order chi connectivity index (χ0) is 20.5. The van der Waals surface area contributed by atoms with E-state index in [2.05, 4.69) is 17.0 Å². The van der Waals surface area contributed by atoms with Crippen molar-refractivity contribution in [3.05, 3.63) is 64.7 Å². The van der Waals surface area contributed by atoms with E-state index in [0.29, 0.717) is 5.92 Å². The Morgan fingerprint density at radius 2 is 1.69 bits per heavy atom. The van der Waals surface area contributed by atoms with E-state index in [9.17, 15) is 13.2 Å². The van der Waals surface area contributed by atoms with Crippen LogP contribution < -0.4 is 0 Å². The van der Waals surface area contributed by atoms with Gasteiger partial charge in [0, 0.05) is 27.8 Å². The lowest BCUT2D eigenvalue weighted by Gasteiger charge is -2.53. The van der Waals surface area contributed by atoms with Crippen molar-refractivity contribution in [2.75, 3.05) is 18.8 Å². The lowest BCUT2D eigenvalue weighted by Crippen LogP contribution is -2.54. The number of nitrogens with zero attached hydrogens (tertiary/aromatic N) is 1. The Labute approximate surface area is 179 Å². The maximum Gasteiger partial charge on any atom is 0.416 e. The Hall–Kier alpha value is -1.17. The normalized spacial score (nSPS) is 22.3. The van der Waals surface area contributed by atoms with Crippen LogP contribution in [-0.2, 0) is 11.7 Å². The van der Waals surface area contributed by atoms with Gasteiger partial charge in [-0.2, -0.15) is 13.2 Å². The van der Waals surface area contributed by atoms with E-state index in [0.717, 1.165) is 28.8 Å². The summed E-state index contributed by atoms with van der Waals surface area (Å²) in [6, 6.07) is 13.9. The lowest BCUT2D eigenvalue weighted by atomic mass is 9.69. The molecule has 4 rings (SSSR count). The minimum Gasteiger partial charge on any atom is -0.293 e. The van der Waals surface area contributed by atoms with Crippen molar-refractivity contribution >= 4 is 23.4 Å². The molecule has 0 spiro atoms. The summed E-state index contributed by atoms with van der Waals surface area (Å²) in [5, 5.41) is 0.771. The molecule has 0 amide bonds. The van der Waals surface area contributed by atoms with E-state index in [1.165, 1.54) is 49.8 Å². The molecule has 1 saturated heterocycles. The summed E-state index contributed by atoms with van der Waals surface area (Å²) in [5.74, 6) is 1.50. The Bertz CT molecular complexity index is 816. The molecule has 0 N–H and O–H groups in total. The van der Waals surface area contributed by atoms with Crippen LogP contribution in [0.2, 0.25) is 5.02 Å². The number of hydrogen-bond acceptors (Lipinski definition) is 2. The molecule has 2 fully saturated rings. The van der Waals surface area contributed by atoms with E-state index < -0.39 is 11.7 Å². The summed E-state index contributed by atoms with van der Waals surface area (Å²) < 4.78 is 38.2. The molecule has 0 radical (unpaired) electrons. The molecule has 1 aliphatic carbocycles. The van der Waals surface area contributed by atoms with Crippen molar-refractivity contribution in [2.24, 2.45) is 5.92 Å². The Kier molecular flexibility index (Phi) is 6.19. The van der Waals surface area contributed by atoms with Gasteiger partial charge in [-0.25, -0.2) is 0 Å². The van der Waals surface area contributed by atoms with Gasteiger partial charge in [-0.05, 0) is 86.5 Å². The van der Waals surface area contributed by atoms with Crippen LogP contribution in [0.15, 0.2) is 53.4 Å². The molecule has 1 saturated carbocycles. The summed E-state index contributed by atoms with van der Waals surface area (Å²) in [4.78, 5) is 3.56. The van der Waals surface area contributed by atoms with Gasteiger partial charge in [0.1, 0.15) is 0 Å². The number of halogens is 4. The maximum absolute atomic E-state index is 12.7. The second-order valence-corrected chi connectivity index (χ2v) is 9.71. The SMILES string of the molecule is FC(F)(F)c1ccc(SCC2CCCN(C3(c4ccc(Cl)cc4)CCC3)C2)cc1. The number of benzene rings is 2. The van der Waals surface area contributed by atoms with Gasteiger partial charge >= 0.3 is 6.18 Å². The topological polar surface area (TPSA) is 3.24 Å². The van der Waals surface area contributed by atoms with Crippen molar-refractivity contribution in [2.45, 2.75) is 48.7 Å². The van der Waals surface area contributed by atoms with Crippen LogP contribution in [-0.4, -0.2) is 23.7 Å². The average molecular weight is 440 g/mol. The number of piperidine rings is 1. The number of likely N-dealkylation sites (tertiary alicyclic amines) is 1. The molecule has 1 atom stereocenters. The van der Waals surface area contributed by atoms with Crippen LogP contribution in [0.4, 0.5) is 13.2 Å². The highest BCUT2D eigenvalue weighted by Crippen LogP contribution is 2.48. The summed E-state index contributed by atoms with van der Waals surface area (Å²) in [6.45, 7) is 2.17. The highest BCUT2D eigenvalue weighted by atomic mass is 35.5. The van der Waals surface area contributed by atoms with E-state index in [1.54, 1.807) is 23.9 Å². The lowest BCUT2D eigenvalue weighted by molar-refractivity contribution is -0.137. The van der Waals surface area contributed by atoms with E-state index in [-0.39, 0.29) is 5.54 Å². The van der Waals surface area contributed by atoms with Crippen LogP contribution in [0.5, 0.6) is 0 Å². The maximum atomic E-state index is 12.7. The number of rotatable bonds is 5. The second-order valence-electron chi connectivity index (χ2n) is 8.18. The molecule has 6 heteroatoms. The predicted octanol–water partition coefficient (Wildman–Crippen LogP) is 7.24. The fourth-order valence-electron chi connectivity index (χ4n) is 4.60. The number of alkyl halides is 3. The molecule has 156 valence electrons. The molecule has 0 bridgehead atoms. The van der Waals surface area contributed by atoms with Gasteiger partial charge in [0.05, 0.1) is 5.56 Å². The highest BCUT2D eigenvalue weighted by molar-refractivity contribution is 7.99. The van der Waals surface area contributed by atoms with Crippen molar-refractivity contribution in [1.82, 2.24) is 4.90 Å². The third-order valence-electron chi connectivity index (χ3n) is 6.35. The average Bonchev–Trinajstić information content (AvgIpc) is 2.67. The molecule has 2 aliphatic rings. The number of thioether (sulfide) groups is 1. The molecule has 2 aromatic rings. The molecule has 29 heavy (non-hydrogen) atoms. The van der Waals surface area contributed by atoms with Crippen molar-refractivity contribution in [3.8, 4) is 0 Å². The smallest absolute Gasteiger partial charge is 0.293 e. The van der Waals surface area contributed by atoms with Crippen molar-refractivity contribution < 1.29 is 13.2 Å². The third kappa shape index (κ3) is 4.62. The van der Waals surface area contributed by atoms with Crippen molar-refractivity contribution in [3.63, 3.8) is 0 Å². The molecule has 1 aliphatic heterocycles. The second kappa shape index (κ2) is 8.52. The minimum absolute atomic E-state index is 0.141. The molecule has 1 unspecified atom stereocenters. The van der Waals surface area contributed by atoms with Gasteiger partial charge in [0.2, 0.25) is 0 Å². The first-order valence-electron chi connectivity index (χ1n) is 10.2. The first kappa shape index (κ1) is 21.1. The fraction of sp³-hybridized carbons (Fsp3) is 0.478. The van der Waals surface area contributed by atoms with E-state index in [4.69, 9.17) is 11.6 Å². The largest absolute Gasteiger partial charge is 0.416 e. The molecule has 0 aromatic heterocycles. The van der Waals surface area contributed by atoms with Gasteiger partial charge in [-0.15, -0.1) is 11.8 Å². The van der Waals surface area contributed by atoms with Crippen LogP contribution >= 0.6 is 23.4 Å². The van der Waals surface area contributed by atoms with Gasteiger partial charge in [-0.1, -0.05) is 23.7 Å². The van der Waals surface area contributed by atoms with Crippen LogP contribution in [0, 0.1) is 5.92 Å². The monoisotopic (exact) mass is 439 g/mol. The van der Waals surface area contributed by atoms with Crippen molar-refractivity contribution in [1.29, 1.82) is 0 Å². The number of hydrogen-bond donors (Lipinski definition) is 0. The first-order chi connectivity index (χ1) is 13.9. The van der Waals surface area contributed by atoms with Crippen LogP contribution in [0.25, 0.3) is 0 Å². The van der Waals surface area contributed by atoms with Gasteiger partial charge < -0.3 is 0 Å². The molecule has 1 heterocycles. The summed E-state index contributed by atoms with van der Waals surface area (Å²) in [5.41, 5.74) is 0.923. The fourth-order valence-corrected chi connectivity index (χ4v) is 5.76. The van der Waals surface area contributed by atoms with Gasteiger partial charge in [0.15, 0.2) is 0 Å². The van der Waals surface area contributed by atoms with Gasteiger partial charge in [0.25, 0.3) is 0 Å².